The summed E-state index contributed by atoms with van der Waals surface area (Å²) in [5.74, 6) is -0.945. The summed E-state index contributed by atoms with van der Waals surface area (Å²) in [6.07, 6.45) is 1.56. The molecule has 0 aliphatic heterocycles. The molecular weight excluding hydrogens is 376 g/mol. The number of carbonyl (C=O) groups is 2. The molecule has 0 spiro atoms. The molecule has 0 saturated carbocycles. The number of ether oxygens (including phenoxy) is 1. The van der Waals surface area contributed by atoms with Crippen molar-refractivity contribution in [2.24, 2.45) is 0 Å². The van der Waals surface area contributed by atoms with Crippen LogP contribution in [0.5, 0.6) is 0 Å². The van der Waals surface area contributed by atoms with Crippen molar-refractivity contribution in [2.75, 3.05) is 13.2 Å². The van der Waals surface area contributed by atoms with E-state index in [-0.39, 0.29) is 12.5 Å². The third kappa shape index (κ3) is 3.91. The predicted octanol–water partition coefficient (Wildman–Crippen LogP) is 4.51. The Bertz CT molecular complexity index is 1260. The summed E-state index contributed by atoms with van der Waals surface area (Å²) in [5, 5.41) is 5.40. The smallest absolute Gasteiger partial charge is 0.339 e. The lowest BCUT2D eigenvalue weighted by Crippen LogP contribution is -2.28. The molecule has 5 heteroatoms. The summed E-state index contributed by atoms with van der Waals surface area (Å²) in [4.78, 5) is 29.4. The Labute approximate surface area is 174 Å². The van der Waals surface area contributed by atoms with Gasteiger partial charge in [0.2, 0.25) is 0 Å². The number of nitrogens with zero attached hydrogens (tertiary/aromatic N) is 1. The Kier molecular flexibility index (Phi) is 5.52. The maximum Gasteiger partial charge on any atom is 0.339 e. The third-order valence-electron chi connectivity index (χ3n) is 4.78. The van der Waals surface area contributed by atoms with Crippen molar-refractivity contribution in [1.82, 2.24) is 10.3 Å². The molecule has 0 aliphatic carbocycles. The van der Waals surface area contributed by atoms with Gasteiger partial charge in [-0.3, -0.25) is 4.79 Å². The number of benzene rings is 3. The molecule has 0 fully saturated rings. The first-order valence-electron chi connectivity index (χ1n) is 9.60. The average Bonchev–Trinajstić information content (AvgIpc) is 2.80. The molecule has 3 aromatic carbocycles. The van der Waals surface area contributed by atoms with Crippen LogP contribution >= 0.6 is 0 Å². The average molecular weight is 396 g/mol. The van der Waals surface area contributed by atoms with Gasteiger partial charge in [-0.1, -0.05) is 66.7 Å². The van der Waals surface area contributed by atoms with E-state index in [0.717, 1.165) is 16.3 Å². The van der Waals surface area contributed by atoms with Crippen LogP contribution in [0, 0.1) is 0 Å². The lowest BCUT2D eigenvalue weighted by molar-refractivity contribution is -0.124. The van der Waals surface area contributed by atoms with Crippen molar-refractivity contribution in [3.63, 3.8) is 0 Å². The van der Waals surface area contributed by atoms with E-state index in [4.69, 9.17) is 9.72 Å². The number of esters is 1. The monoisotopic (exact) mass is 396 g/mol. The Morgan fingerprint density at radius 1 is 0.967 bits per heavy atom. The van der Waals surface area contributed by atoms with Crippen molar-refractivity contribution >= 4 is 33.6 Å². The van der Waals surface area contributed by atoms with E-state index < -0.39 is 5.97 Å². The molecule has 1 N–H and O–H groups in total. The van der Waals surface area contributed by atoms with Crippen LogP contribution in [0.2, 0.25) is 0 Å². The maximum atomic E-state index is 12.8. The second-order valence-electron chi connectivity index (χ2n) is 6.77. The summed E-state index contributed by atoms with van der Waals surface area (Å²) >= 11 is 0. The van der Waals surface area contributed by atoms with Gasteiger partial charge in [-0.2, -0.15) is 0 Å². The fraction of sp³-hybridized carbons (Fsp3) is 0.0800. The first-order valence-corrected chi connectivity index (χ1v) is 9.60. The molecule has 30 heavy (non-hydrogen) atoms. The topological polar surface area (TPSA) is 68.3 Å². The maximum absolute atomic E-state index is 12.8. The van der Waals surface area contributed by atoms with Gasteiger partial charge in [0.15, 0.2) is 6.61 Å². The van der Waals surface area contributed by atoms with Gasteiger partial charge in [0.25, 0.3) is 5.91 Å². The quantitative estimate of drug-likeness (QED) is 0.384. The van der Waals surface area contributed by atoms with Gasteiger partial charge in [-0.25, -0.2) is 9.78 Å². The molecule has 4 rings (SSSR count). The van der Waals surface area contributed by atoms with E-state index >= 15 is 0 Å². The van der Waals surface area contributed by atoms with E-state index in [0.29, 0.717) is 28.7 Å². The van der Waals surface area contributed by atoms with E-state index in [2.05, 4.69) is 11.9 Å². The first-order chi connectivity index (χ1) is 14.7. The molecule has 5 nitrogen and oxygen atoms in total. The highest BCUT2D eigenvalue weighted by atomic mass is 16.5. The summed E-state index contributed by atoms with van der Waals surface area (Å²) in [7, 11) is 0. The molecule has 1 aromatic heterocycles. The number of carbonyl (C=O) groups excluding carboxylic acids is 2. The van der Waals surface area contributed by atoms with Crippen LogP contribution < -0.4 is 5.32 Å². The number of aromatic nitrogens is 1. The van der Waals surface area contributed by atoms with Gasteiger partial charge < -0.3 is 10.1 Å². The molecule has 0 atom stereocenters. The van der Waals surface area contributed by atoms with Gasteiger partial charge >= 0.3 is 5.97 Å². The Hall–Kier alpha value is -3.99. The molecular formula is C25H20N2O3. The van der Waals surface area contributed by atoms with Crippen LogP contribution in [0.3, 0.4) is 0 Å². The molecule has 0 bridgehead atoms. The van der Waals surface area contributed by atoms with Gasteiger partial charge in [0.1, 0.15) is 0 Å². The van der Waals surface area contributed by atoms with E-state index in [1.165, 1.54) is 0 Å². The Morgan fingerprint density at radius 2 is 1.70 bits per heavy atom. The molecule has 0 aliphatic rings. The third-order valence-corrected chi connectivity index (χ3v) is 4.78. The molecule has 4 aromatic rings. The summed E-state index contributed by atoms with van der Waals surface area (Å²) in [5.41, 5.74) is 2.66. The SMILES string of the molecule is C=CCNC(=O)COC(=O)c1cc(-c2cccc3ccccc23)nc2ccccc12. The van der Waals surface area contributed by atoms with Crippen molar-refractivity contribution in [2.45, 2.75) is 0 Å². The zero-order chi connectivity index (χ0) is 20.9. The zero-order valence-corrected chi connectivity index (χ0v) is 16.3. The van der Waals surface area contributed by atoms with Crippen LogP contribution in [0.15, 0.2) is 85.5 Å². The van der Waals surface area contributed by atoms with Crippen molar-refractivity contribution in [3.05, 3.63) is 91.0 Å². The van der Waals surface area contributed by atoms with Crippen molar-refractivity contribution < 1.29 is 14.3 Å². The van der Waals surface area contributed by atoms with Crippen LogP contribution in [0.25, 0.3) is 32.9 Å². The molecule has 148 valence electrons. The highest BCUT2D eigenvalue weighted by molar-refractivity contribution is 6.06. The van der Waals surface area contributed by atoms with Gasteiger partial charge in [-0.05, 0) is 22.9 Å². The highest BCUT2D eigenvalue weighted by Gasteiger charge is 2.17. The highest BCUT2D eigenvalue weighted by Crippen LogP contribution is 2.30. The number of rotatable bonds is 6. The van der Waals surface area contributed by atoms with Crippen LogP contribution in [-0.4, -0.2) is 30.0 Å². The van der Waals surface area contributed by atoms with Gasteiger partial charge in [0, 0.05) is 17.5 Å². The molecule has 0 radical (unpaired) electrons. The second kappa shape index (κ2) is 8.57. The molecule has 0 unspecified atom stereocenters. The Morgan fingerprint density at radius 3 is 2.53 bits per heavy atom. The molecule has 1 amide bonds. The van der Waals surface area contributed by atoms with Crippen LogP contribution in [0.1, 0.15) is 10.4 Å². The van der Waals surface area contributed by atoms with E-state index in [1.807, 2.05) is 66.7 Å². The number of nitrogens with one attached hydrogen (secondary N) is 1. The number of fused-ring (bicyclic) bond motifs is 2. The number of hydrogen-bond acceptors (Lipinski definition) is 4. The largest absolute Gasteiger partial charge is 0.452 e. The summed E-state index contributed by atoms with van der Waals surface area (Å²) in [6.45, 7) is 3.51. The van der Waals surface area contributed by atoms with Crippen LogP contribution in [0.4, 0.5) is 0 Å². The summed E-state index contributed by atoms with van der Waals surface area (Å²) in [6, 6.07) is 23.2. The fourth-order valence-electron chi connectivity index (χ4n) is 3.38. The first kappa shape index (κ1) is 19.3. The minimum atomic E-state index is -0.566. The normalized spacial score (nSPS) is 10.7. The second-order valence-corrected chi connectivity index (χ2v) is 6.77. The minimum absolute atomic E-state index is 0.319. The lowest BCUT2D eigenvalue weighted by Gasteiger charge is -2.11. The minimum Gasteiger partial charge on any atom is -0.452 e. The standard InChI is InChI=1S/C25H20N2O3/c1-2-14-26-24(28)16-30-25(29)21-15-23(27-22-13-6-5-11-20(21)22)19-12-7-9-17-8-3-4-10-18(17)19/h2-13,15H,1,14,16H2,(H,26,28). The number of pyridine rings is 1. The fourth-order valence-corrected chi connectivity index (χ4v) is 3.38. The van der Waals surface area contributed by atoms with Crippen molar-refractivity contribution in [1.29, 1.82) is 0 Å². The predicted molar refractivity (Wildman–Crippen MR) is 118 cm³/mol. The molecule has 0 saturated heterocycles. The number of hydrogen-bond donors (Lipinski definition) is 1. The Balaban J connectivity index is 1.75. The van der Waals surface area contributed by atoms with Gasteiger partial charge in [0.05, 0.1) is 16.8 Å². The number of amides is 1. The summed E-state index contributed by atoms with van der Waals surface area (Å²) < 4.78 is 5.26. The molecule has 1 heterocycles. The van der Waals surface area contributed by atoms with E-state index in [1.54, 1.807) is 12.1 Å². The number of para-hydroxylation sites is 1. The van der Waals surface area contributed by atoms with Crippen LogP contribution in [-0.2, 0) is 9.53 Å². The van der Waals surface area contributed by atoms with E-state index in [9.17, 15) is 9.59 Å². The lowest BCUT2D eigenvalue weighted by atomic mass is 9.99. The van der Waals surface area contributed by atoms with Crippen molar-refractivity contribution in [3.8, 4) is 11.3 Å². The zero-order valence-electron chi connectivity index (χ0n) is 16.3. The van der Waals surface area contributed by atoms with Gasteiger partial charge in [-0.15, -0.1) is 6.58 Å².